The van der Waals surface area contributed by atoms with Gasteiger partial charge >= 0.3 is 0 Å². The number of carbonyl (C=O) groups excluding carboxylic acids is 1. The third-order valence-electron chi connectivity index (χ3n) is 3.43. The second kappa shape index (κ2) is 6.91. The van der Waals surface area contributed by atoms with Crippen molar-refractivity contribution in [3.05, 3.63) is 52.9 Å². The monoisotopic (exact) mass is 361 g/mol. The van der Waals surface area contributed by atoms with Crippen molar-refractivity contribution in [3.63, 3.8) is 0 Å². The first-order valence-corrected chi connectivity index (χ1v) is 8.77. The van der Waals surface area contributed by atoms with Gasteiger partial charge in [-0.1, -0.05) is 50.0 Å². The Labute approximate surface area is 149 Å². The molecule has 1 saturated heterocycles. The van der Waals surface area contributed by atoms with Crippen LogP contribution in [0.1, 0.15) is 19.6 Å². The van der Waals surface area contributed by atoms with Crippen molar-refractivity contribution < 1.29 is 13.6 Å². The summed E-state index contributed by atoms with van der Waals surface area (Å²) in [4.78, 5) is 14.6. The van der Waals surface area contributed by atoms with E-state index in [1.165, 1.54) is 23.9 Å². The average molecular weight is 361 g/mol. The van der Waals surface area contributed by atoms with Crippen molar-refractivity contribution in [3.8, 4) is 11.3 Å². The van der Waals surface area contributed by atoms with Crippen LogP contribution in [-0.4, -0.2) is 21.7 Å². The zero-order valence-electron chi connectivity index (χ0n) is 13.3. The van der Waals surface area contributed by atoms with Crippen LogP contribution in [0.3, 0.4) is 0 Å². The number of halogens is 1. The van der Waals surface area contributed by atoms with Gasteiger partial charge in [0, 0.05) is 18.2 Å². The molecule has 6 heteroatoms. The second-order valence-corrected chi connectivity index (χ2v) is 7.57. The van der Waals surface area contributed by atoms with Crippen molar-refractivity contribution in [1.29, 1.82) is 0 Å². The smallest absolute Gasteiger partial charge is 0.266 e. The maximum absolute atomic E-state index is 13.3. The van der Waals surface area contributed by atoms with Crippen LogP contribution < -0.4 is 0 Å². The molecule has 1 fully saturated rings. The minimum Gasteiger partial charge on any atom is -0.457 e. The van der Waals surface area contributed by atoms with Crippen LogP contribution >= 0.6 is 24.0 Å². The number of furan rings is 1. The van der Waals surface area contributed by atoms with E-state index in [-0.39, 0.29) is 11.7 Å². The van der Waals surface area contributed by atoms with Crippen LogP contribution in [0.5, 0.6) is 0 Å². The largest absolute Gasteiger partial charge is 0.457 e. The summed E-state index contributed by atoms with van der Waals surface area (Å²) in [5.41, 5.74) is 0.655. The van der Waals surface area contributed by atoms with Gasteiger partial charge < -0.3 is 4.42 Å². The molecule has 2 aromatic rings. The highest BCUT2D eigenvalue weighted by Gasteiger charge is 2.32. The molecule has 0 radical (unpaired) electrons. The summed E-state index contributed by atoms with van der Waals surface area (Å²) in [7, 11) is 0. The van der Waals surface area contributed by atoms with Crippen LogP contribution in [0.15, 0.2) is 45.7 Å². The number of benzene rings is 1. The molecule has 0 N–H and O–H groups in total. The zero-order chi connectivity index (χ0) is 17.3. The second-order valence-electron chi connectivity index (χ2n) is 5.90. The molecule has 0 aliphatic carbocycles. The standard InChI is InChI=1S/C18H16FNO2S2/c1-11(2)10-20-17(21)16(24-18(20)23)9-14-6-7-15(22-14)12-4-3-5-13(19)8-12/h3-9,11H,10H2,1-2H3/b16-9+. The summed E-state index contributed by atoms with van der Waals surface area (Å²) in [5, 5.41) is 0. The van der Waals surface area contributed by atoms with Crippen molar-refractivity contribution in [1.82, 2.24) is 4.90 Å². The van der Waals surface area contributed by atoms with Crippen molar-refractivity contribution in [2.24, 2.45) is 5.92 Å². The summed E-state index contributed by atoms with van der Waals surface area (Å²) in [6.07, 6.45) is 1.68. The predicted molar refractivity (Wildman–Crippen MR) is 98.8 cm³/mol. The topological polar surface area (TPSA) is 33.5 Å². The molecule has 124 valence electrons. The van der Waals surface area contributed by atoms with E-state index in [1.807, 2.05) is 13.8 Å². The van der Waals surface area contributed by atoms with Crippen LogP contribution in [0.25, 0.3) is 17.4 Å². The molecule has 0 bridgehead atoms. The minimum atomic E-state index is -0.319. The van der Waals surface area contributed by atoms with Crippen LogP contribution in [0.2, 0.25) is 0 Å². The van der Waals surface area contributed by atoms with Gasteiger partial charge in [-0.15, -0.1) is 0 Å². The molecule has 1 aromatic heterocycles. The van der Waals surface area contributed by atoms with Crippen LogP contribution in [-0.2, 0) is 4.79 Å². The number of thiocarbonyl (C=S) groups is 1. The maximum atomic E-state index is 13.3. The van der Waals surface area contributed by atoms with Gasteiger partial charge in [-0.3, -0.25) is 9.69 Å². The Morgan fingerprint density at radius 3 is 2.83 bits per heavy atom. The molecule has 0 atom stereocenters. The highest BCUT2D eigenvalue weighted by atomic mass is 32.2. The number of thioether (sulfide) groups is 1. The molecule has 1 amide bonds. The molecule has 2 heterocycles. The van der Waals surface area contributed by atoms with Gasteiger partial charge in [-0.2, -0.15) is 0 Å². The lowest BCUT2D eigenvalue weighted by molar-refractivity contribution is -0.122. The van der Waals surface area contributed by atoms with E-state index < -0.39 is 0 Å². The third-order valence-corrected chi connectivity index (χ3v) is 4.81. The van der Waals surface area contributed by atoms with Gasteiger partial charge in [0.15, 0.2) is 0 Å². The van der Waals surface area contributed by atoms with Crippen LogP contribution in [0, 0.1) is 11.7 Å². The molecule has 0 unspecified atom stereocenters. The van der Waals surface area contributed by atoms with Crippen molar-refractivity contribution in [2.45, 2.75) is 13.8 Å². The van der Waals surface area contributed by atoms with E-state index in [4.69, 9.17) is 16.6 Å². The highest BCUT2D eigenvalue weighted by Crippen LogP contribution is 2.34. The number of carbonyl (C=O) groups is 1. The Morgan fingerprint density at radius 2 is 2.12 bits per heavy atom. The summed E-state index contributed by atoms with van der Waals surface area (Å²) >= 11 is 6.56. The molecule has 0 spiro atoms. The minimum absolute atomic E-state index is 0.0950. The van der Waals surface area contributed by atoms with Gasteiger partial charge in [-0.25, -0.2) is 4.39 Å². The lowest BCUT2D eigenvalue weighted by Crippen LogP contribution is -2.31. The molecule has 24 heavy (non-hydrogen) atoms. The van der Waals surface area contributed by atoms with Crippen LogP contribution in [0.4, 0.5) is 4.39 Å². The molecular formula is C18H16FNO2S2. The molecule has 3 rings (SSSR count). The maximum Gasteiger partial charge on any atom is 0.266 e. The van der Waals surface area contributed by atoms with E-state index in [0.717, 1.165) is 0 Å². The van der Waals surface area contributed by atoms with Gasteiger partial charge in [0.1, 0.15) is 21.7 Å². The predicted octanol–water partition coefficient (Wildman–Crippen LogP) is 4.94. The Bertz CT molecular complexity index is 826. The first kappa shape index (κ1) is 16.9. The third kappa shape index (κ3) is 3.60. The van der Waals surface area contributed by atoms with E-state index in [9.17, 15) is 9.18 Å². The Balaban J connectivity index is 1.83. The van der Waals surface area contributed by atoms with Gasteiger partial charge in [-0.05, 0) is 30.2 Å². The first-order chi connectivity index (χ1) is 11.4. The number of rotatable bonds is 4. The van der Waals surface area contributed by atoms with E-state index in [0.29, 0.717) is 38.8 Å². The molecule has 0 saturated carbocycles. The number of hydrogen-bond acceptors (Lipinski definition) is 4. The number of nitrogens with zero attached hydrogens (tertiary/aromatic N) is 1. The molecule has 1 aromatic carbocycles. The van der Waals surface area contributed by atoms with E-state index in [2.05, 4.69) is 0 Å². The Morgan fingerprint density at radius 1 is 1.33 bits per heavy atom. The normalized spacial score (nSPS) is 16.7. The quantitative estimate of drug-likeness (QED) is 0.570. The molecule has 1 aliphatic heterocycles. The molecule has 3 nitrogen and oxygen atoms in total. The van der Waals surface area contributed by atoms with Crippen molar-refractivity contribution in [2.75, 3.05) is 6.54 Å². The highest BCUT2D eigenvalue weighted by molar-refractivity contribution is 8.26. The Kier molecular flexibility index (Phi) is 4.87. The lowest BCUT2D eigenvalue weighted by Gasteiger charge is -2.16. The number of hydrogen-bond donors (Lipinski definition) is 0. The first-order valence-electron chi connectivity index (χ1n) is 7.55. The zero-order valence-corrected chi connectivity index (χ0v) is 14.9. The summed E-state index contributed by atoms with van der Waals surface area (Å²) in [6, 6.07) is 9.71. The fourth-order valence-corrected chi connectivity index (χ4v) is 3.63. The summed E-state index contributed by atoms with van der Waals surface area (Å²) in [5.74, 6) is 1.02. The fourth-order valence-electron chi connectivity index (χ4n) is 2.38. The number of amides is 1. The van der Waals surface area contributed by atoms with Gasteiger partial charge in [0.05, 0.1) is 4.91 Å². The van der Waals surface area contributed by atoms with Gasteiger partial charge in [0.25, 0.3) is 5.91 Å². The molecular weight excluding hydrogens is 345 g/mol. The molecule has 1 aliphatic rings. The van der Waals surface area contributed by atoms with Crippen molar-refractivity contribution >= 4 is 40.3 Å². The summed E-state index contributed by atoms with van der Waals surface area (Å²) in [6.45, 7) is 4.69. The van der Waals surface area contributed by atoms with E-state index >= 15 is 0 Å². The lowest BCUT2D eigenvalue weighted by atomic mass is 10.2. The average Bonchev–Trinajstić information content (AvgIpc) is 3.08. The Hall–Kier alpha value is -1.92. The fraction of sp³-hybridized carbons (Fsp3) is 0.222. The van der Waals surface area contributed by atoms with Gasteiger partial charge in [0.2, 0.25) is 0 Å². The summed E-state index contributed by atoms with van der Waals surface area (Å²) < 4.78 is 19.6. The van der Waals surface area contributed by atoms with E-state index in [1.54, 1.807) is 35.2 Å². The SMILES string of the molecule is CC(C)CN1C(=O)/C(=C\c2ccc(-c3cccc(F)c3)o2)SC1=S.